The fraction of sp³-hybridized carbons (Fsp3) is 0.263. The van der Waals surface area contributed by atoms with Gasteiger partial charge in [-0.05, 0) is 53.4 Å². The van der Waals surface area contributed by atoms with Crippen LogP contribution in [0.1, 0.15) is 18.9 Å². The molecule has 0 heterocycles. The Morgan fingerprint density at radius 2 is 1.74 bits per heavy atom. The van der Waals surface area contributed by atoms with Crippen LogP contribution in [0.25, 0.3) is 0 Å². The van der Waals surface area contributed by atoms with E-state index in [4.69, 9.17) is 0 Å². The monoisotopic (exact) mass is 451 g/mol. The molecule has 0 fully saturated rings. The van der Waals surface area contributed by atoms with Crippen molar-refractivity contribution in [3.8, 4) is 0 Å². The van der Waals surface area contributed by atoms with Gasteiger partial charge in [0.2, 0.25) is 10.0 Å². The number of rotatable bonds is 8. The highest BCUT2D eigenvalue weighted by molar-refractivity contribution is 9.10. The summed E-state index contributed by atoms with van der Waals surface area (Å²) in [6, 6.07) is 16.8. The molecule has 144 valence electrons. The Kier molecular flexibility index (Phi) is 7.55. The number of amides is 1. The first-order valence-corrected chi connectivity index (χ1v) is 11.0. The van der Waals surface area contributed by atoms with Gasteiger partial charge in [-0.2, -0.15) is 5.10 Å². The molecule has 0 saturated heterocycles. The van der Waals surface area contributed by atoms with E-state index in [2.05, 4.69) is 26.5 Å². The first-order valence-electron chi connectivity index (χ1n) is 8.35. The van der Waals surface area contributed by atoms with Crippen LogP contribution in [-0.2, 0) is 21.2 Å². The molecule has 0 unspecified atom stereocenters. The Balaban J connectivity index is 1.98. The number of halogens is 1. The van der Waals surface area contributed by atoms with Crippen molar-refractivity contribution in [2.75, 3.05) is 17.1 Å². The molecule has 0 aromatic heterocycles. The summed E-state index contributed by atoms with van der Waals surface area (Å²) in [5, 5.41) is 4.07. The minimum Gasteiger partial charge on any atom is -0.271 e. The third-order valence-corrected chi connectivity index (χ3v) is 5.60. The van der Waals surface area contributed by atoms with E-state index in [0.717, 1.165) is 22.7 Å². The molecule has 2 rings (SSSR count). The zero-order valence-corrected chi connectivity index (χ0v) is 17.6. The standard InChI is InChI=1S/C19H22BrN3O3S/c1-15(12-13-16-8-4-3-5-9-16)21-22-19(24)14-23(27(2,25)26)18-11-7-6-10-17(18)20/h3-11H,12-14H2,1-2H3,(H,22,24). The van der Waals surface area contributed by atoms with Crippen molar-refractivity contribution in [3.05, 3.63) is 64.6 Å². The summed E-state index contributed by atoms with van der Waals surface area (Å²) in [5.74, 6) is -0.504. The number of para-hydroxylation sites is 1. The lowest BCUT2D eigenvalue weighted by atomic mass is 10.1. The van der Waals surface area contributed by atoms with Gasteiger partial charge in [0.25, 0.3) is 5.91 Å². The number of nitrogens with zero attached hydrogens (tertiary/aromatic N) is 2. The van der Waals surface area contributed by atoms with Crippen molar-refractivity contribution in [2.45, 2.75) is 19.8 Å². The Labute approximate surface area is 168 Å². The van der Waals surface area contributed by atoms with Crippen molar-refractivity contribution < 1.29 is 13.2 Å². The first-order chi connectivity index (χ1) is 12.8. The van der Waals surface area contributed by atoms with Crippen LogP contribution in [0.5, 0.6) is 0 Å². The molecule has 0 spiro atoms. The fourth-order valence-electron chi connectivity index (χ4n) is 2.38. The van der Waals surface area contributed by atoms with E-state index in [9.17, 15) is 13.2 Å². The third kappa shape index (κ3) is 6.80. The van der Waals surface area contributed by atoms with Crippen molar-refractivity contribution in [1.82, 2.24) is 5.43 Å². The van der Waals surface area contributed by atoms with Crippen LogP contribution in [0.15, 0.2) is 64.2 Å². The van der Waals surface area contributed by atoms with Gasteiger partial charge in [0, 0.05) is 10.2 Å². The highest BCUT2D eigenvalue weighted by Gasteiger charge is 2.22. The maximum Gasteiger partial charge on any atom is 0.260 e. The smallest absolute Gasteiger partial charge is 0.260 e. The molecular weight excluding hydrogens is 430 g/mol. The molecule has 0 aliphatic heterocycles. The van der Waals surface area contributed by atoms with Gasteiger partial charge in [-0.15, -0.1) is 0 Å². The Bertz CT molecular complexity index is 915. The molecule has 0 atom stereocenters. The third-order valence-electron chi connectivity index (χ3n) is 3.80. The topological polar surface area (TPSA) is 78.8 Å². The lowest BCUT2D eigenvalue weighted by molar-refractivity contribution is -0.119. The van der Waals surface area contributed by atoms with E-state index >= 15 is 0 Å². The quantitative estimate of drug-likeness (QED) is 0.493. The van der Waals surface area contributed by atoms with Crippen LogP contribution in [0, 0.1) is 0 Å². The summed E-state index contributed by atoms with van der Waals surface area (Å²) < 4.78 is 25.8. The highest BCUT2D eigenvalue weighted by Crippen LogP contribution is 2.27. The number of aryl methyl sites for hydroxylation is 1. The molecule has 0 bridgehead atoms. The predicted octanol–water partition coefficient (Wildman–Crippen LogP) is 3.34. The van der Waals surface area contributed by atoms with Crippen LogP contribution < -0.4 is 9.73 Å². The van der Waals surface area contributed by atoms with E-state index in [1.54, 1.807) is 24.3 Å². The molecule has 0 saturated carbocycles. The van der Waals surface area contributed by atoms with E-state index in [1.807, 2.05) is 37.3 Å². The molecule has 0 aliphatic rings. The number of hydrazone groups is 1. The van der Waals surface area contributed by atoms with Crippen LogP contribution in [0.4, 0.5) is 5.69 Å². The number of carbonyl (C=O) groups is 1. The van der Waals surface area contributed by atoms with Gasteiger partial charge in [0.05, 0.1) is 11.9 Å². The molecule has 1 amide bonds. The SMILES string of the molecule is CC(CCc1ccccc1)=NNC(=O)CN(c1ccccc1Br)S(C)(=O)=O. The van der Waals surface area contributed by atoms with Gasteiger partial charge in [-0.3, -0.25) is 9.10 Å². The van der Waals surface area contributed by atoms with Crippen LogP contribution in [0.3, 0.4) is 0 Å². The molecule has 0 radical (unpaired) electrons. The number of benzene rings is 2. The van der Waals surface area contributed by atoms with Crippen LogP contribution in [-0.4, -0.2) is 32.8 Å². The maximum atomic E-state index is 12.2. The van der Waals surface area contributed by atoms with Gasteiger partial charge < -0.3 is 0 Å². The highest BCUT2D eigenvalue weighted by atomic mass is 79.9. The Morgan fingerprint density at radius 1 is 1.11 bits per heavy atom. The summed E-state index contributed by atoms with van der Waals surface area (Å²) in [4.78, 5) is 12.2. The van der Waals surface area contributed by atoms with Crippen LogP contribution >= 0.6 is 15.9 Å². The van der Waals surface area contributed by atoms with Gasteiger partial charge in [0.1, 0.15) is 6.54 Å². The summed E-state index contributed by atoms with van der Waals surface area (Å²) >= 11 is 3.32. The number of hydrogen-bond donors (Lipinski definition) is 1. The lowest BCUT2D eigenvalue weighted by Crippen LogP contribution is -2.39. The minimum atomic E-state index is -3.63. The van der Waals surface area contributed by atoms with E-state index in [1.165, 1.54) is 5.56 Å². The second-order valence-corrected chi connectivity index (χ2v) is 8.85. The molecule has 27 heavy (non-hydrogen) atoms. The Hall–Kier alpha value is -2.19. The fourth-order valence-corrected chi connectivity index (χ4v) is 3.87. The average Bonchev–Trinajstić information content (AvgIpc) is 2.63. The lowest BCUT2D eigenvalue weighted by Gasteiger charge is -2.22. The molecule has 2 aromatic rings. The summed E-state index contributed by atoms with van der Waals surface area (Å²) in [6.45, 7) is 1.47. The second kappa shape index (κ2) is 9.66. The van der Waals surface area contributed by atoms with Crippen molar-refractivity contribution in [1.29, 1.82) is 0 Å². The molecule has 8 heteroatoms. The second-order valence-electron chi connectivity index (χ2n) is 6.09. The van der Waals surface area contributed by atoms with Gasteiger partial charge in [-0.25, -0.2) is 13.8 Å². The van der Waals surface area contributed by atoms with E-state index in [0.29, 0.717) is 16.6 Å². The largest absolute Gasteiger partial charge is 0.271 e. The predicted molar refractivity (Wildman–Crippen MR) is 112 cm³/mol. The summed E-state index contributed by atoms with van der Waals surface area (Å²) in [5.41, 5.74) is 4.79. The van der Waals surface area contributed by atoms with E-state index < -0.39 is 15.9 Å². The van der Waals surface area contributed by atoms with Crippen LogP contribution in [0.2, 0.25) is 0 Å². The van der Waals surface area contributed by atoms with Crippen molar-refractivity contribution in [3.63, 3.8) is 0 Å². The average molecular weight is 452 g/mol. The normalized spacial score (nSPS) is 11.9. The van der Waals surface area contributed by atoms with Crippen molar-refractivity contribution >= 4 is 43.3 Å². The zero-order valence-electron chi connectivity index (χ0n) is 15.2. The van der Waals surface area contributed by atoms with E-state index in [-0.39, 0.29) is 6.54 Å². The molecule has 6 nitrogen and oxygen atoms in total. The Morgan fingerprint density at radius 3 is 2.37 bits per heavy atom. The van der Waals surface area contributed by atoms with Crippen molar-refractivity contribution in [2.24, 2.45) is 5.10 Å². The summed E-state index contributed by atoms with van der Waals surface area (Å²) in [6.07, 6.45) is 2.58. The number of anilines is 1. The molecule has 1 N–H and O–H groups in total. The molecular formula is C19H22BrN3O3S. The van der Waals surface area contributed by atoms with Gasteiger partial charge in [0.15, 0.2) is 0 Å². The number of carbonyl (C=O) groups excluding carboxylic acids is 1. The first kappa shape index (κ1) is 21.1. The minimum absolute atomic E-state index is 0.350. The van der Waals surface area contributed by atoms with Gasteiger partial charge >= 0.3 is 0 Å². The number of hydrogen-bond acceptors (Lipinski definition) is 4. The number of sulfonamides is 1. The molecule has 0 aliphatic carbocycles. The maximum absolute atomic E-state index is 12.2. The zero-order chi connectivity index (χ0) is 19.9. The molecule has 2 aromatic carbocycles. The van der Waals surface area contributed by atoms with Gasteiger partial charge in [-0.1, -0.05) is 42.5 Å². The number of nitrogens with one attached hydrogen (secondary N) is 1. The summed E-state index contributed by atoms with van der Waals surface area (Å²) in [7, 11) is -3.63.